The van der Waals surface area contributed by atoms with Crippen LogP contribution in [0.4, 0.5) is 0 Å². The summed E-state index contributed by atoms with van der Waals surface area (Å²) < 4.78 is 0.588. The van der Waals surface area contributed by atoms with E-state index in [2.05, 4.69) is 20.9 Å². The fourth-order valence-electron chi connectivity index (χ4n) is 0.385. The van der Waals surface area contributed by atoms with Crippen molar-refractivity contribution in [3.63, 3.8) is 0 Å². The van der Waals surface area contributed by atoms with Crippen LogP contribution in [0, 0.1) is 0 Å². The van der Waals surface area contributed by atoms with Gasteiger partial charge in [-0.3, -0.25) is 5.11 Å². The van der Waals surface area contributed by atoms with Crippen molar-refractivity contribution < 1.29 is 5.11 Å². The van der Waals surface area contributed by atoms with Crippen molar-refractivity contribution in [2.24, 2.45) is 0 Å². The molecule has 3 heteroatoms. The third kappa shape index (κ3) is 1.20. The van der Waals surface area contributed by atoms with E-state index in [9.17, 15) is 5.11 Å². The van der Waals surface area contributed by atoms with Crippen LogP contribution >= 0.6 is 15.9 Å². The van der Waals surface area contributed by atoms with Gasteiger partial charge in [-0.05, 0) is 15.9 Å². The highest BCUT2D eigenvalue weighted by molar-refractivity contribution is 9.10. The Hall–Kier alpha value is -0.570. The Morgan fingerprint density at radius 1 is 1.62 bits per heavy atom. The molecule has 1 radical (unpaired) electrons. The summed E-state index contributed by atoms with van der Waals surface area (Å²) in [4.78, 5) is 3.76. The van der Waals surface area contributed by atoms with E-state index in [1.807, 2.05) is 0 Å². The highest BCUT2D eigenvalue weighted by Crippen LogP contribution is 2.12. The predicted molar refractivity (Wildman–Crippen MR) is 32.1 cm³/mol. The maximum absolute atomic E-state index is 10.4. The summed E-state index contributed by atoms with van der Waals surface area (Å²) in [6.45, 7) is 0. The molecule has 41 valence electrons. The van der Waals surface area contributed by atoms with Gasteiger partial charge in [0.1, 0.15) is 4.60 Å². The molecule has 1 heterocycles. The maximum Gasteiger partial charge on any atom is 0.182 e. The monoisotopic (exact) mass is 172 g/mol. The second-order valence-corrected chi connectivity index (χ2v) is 2.13. The van der Waals surface area contributed by atoms with Gasteiger partial charge in [-0.1, -0.05) is 0 Å². The lowest BCUT2D eigenvalue weighted by Crippen LogP contribution is -1.68. The highest BCUT2D eigenvalue weighted by Gasteiger charge is 1.88. The molecule has 0 N–H and O–H groups in total. The number of nitrogens with zero attached hydrogens (tertiary/aromatic N) is 1. The maximum atomic E-state index is 10.4. The van der Waals surface area contributed by atoms with Crippen molar-refractivity contribution in [2.75, 3.05) is 0 Å². The zero-order chi connectivity index (χ0) is 5.98. The summed E-state index contributed by atoms with van der Waals surface area (Å²) in [6, 6.07) is 2.82. The number of pyridine rings is 1. The van der Waals surface area contributed by atoms with Gasteiger partial charge in [0.05, 0.1) is 0 Å². The van der Waals surface area contributed by atoms with Crippen molar-refractivity contribution in [3.8, 4) is 5.75 Å². The zero-order valence-corrected chi connectivity index (χ0v) is 5.55. The van der Waals surface area contributed by atoms with Crippen molar-refractivity contribution in [1.82, 2.24) is 4.98 Å². The molecule has 0 amide bonds. The van der Waals surface area contributed by atoms with Crippen LogP contribution in [-0.2, 0) is 5.11 Å². The molecule has 1 aromatic heterocycles. The molecule has 0 saturated carbocycles. The molecule has 0 atom stereocenters. The van der Waals surface area contributed by atoms with E-state index in [0.29, 0.717) is 4.60 Å². The van der Waals surface area contributed by atoms with Gasteiger partial charge < -0.3 is 0 Å². The number of halogens is 1. The fourth-order valence-corrected chi connectivity index (χ4v) is 0.729. The average Bonchev–Trinajstić information content (AvgIpc) is 1.64. The van der Waals surface area contributed by atoms with Crippen LogP contribution in [0.5, 0.6) is 5.75 Å². The molecule has 0 aliphatic carbocycles. The lowest BCUT2D eigenvalue weighted by molar-refractivity contribution is 0.354. The molecule has 8 heavy (non-hydrogen) atoms. The molecule has 0 bridgehead atoms. The first kappa shape index (κ1) is 5.56. The summed E-state index contributed by atoms with van der Waals surface area (Å²) in [7, 11) is 0. The Kier molecular flexibility index (Phi) is 1.48. The fraction of sp³-hybridized carbons (Fsp3) is 0. The standard InChI is InChI=1S/C5H3BrNO/c6-5-3-4(8)1-2-7-5/h1-3H. The first-order chi connectivity index (χ1) is 3.79. The quantitative estimate of drug-likeness (QED) is 0.552. The van der Waals surface area contributed by atoms with Crippen molar-refractivity contribution in [3.05, 3.63) is 22.9 Å². The Morgan fingerprint density at radius 3 is 2.75 bits per heavy atom. The first-order valence-corrected chi connectivity index (χ1v) is 2.87. The smallest absolute Gasteiger partial charge is 0.182 e. The molecule has 1 rings (SSSR count). The van der Waals surface area contributed by atoms with Gasteiger partial charge in [-0.15, -0.1) is 0 Å². The summed E-state index contributed by atoms with van der Waals surface area (Å²) in [5.41, 5.74) is 0. The average molecular weight is 173 g/mol. The SMILES string of the molecule is [O]c1ccnc(Br)c1. The molecule has 0 saturated heterocycles. The van der Waals surface area contributed by atoms with E-state index >= 15 is 0 Å². The summed E-state index contributed by atoms with van der Waals surface area (Å²) in [5, 5.41) is 10.4. The van der Waals surface area contributed by atoms with Crippen LogP contribution in [0.2, 0.25) is 0 Å². The molecule has 0 fully saturated rings. The van der Waals surface area contributed by atoms with Crippen LogP contribution in [0.15, 0.2) is 22.9 Å². The minimum Gasteiger partial charge on any atom is -0.290 e. The minimum atomic E-state index is -0.0214. The number of hydrogen-bond donors (Lipinski definition) is 0. The van der Waals surface area contributed by atoms with Crippen molar-refractivity contribution >= 4 is 15.9 Å². The Labute approximate surface area is 55.3 Å². The first-order valence-electron chi connectivity index (χ1n) is 2.07. The second kappa shape index (κ2) is 2.13. The van der Waals surface area contributed by atoms with Gasteiger partial charge in [0.15, 0.2) is 5.75 Å². The predicted octanol–water partition coefficient (Wildman–Crippen LogP) is 1.99. The Bertz CT molecular complexity index is 172. The van der Waals surface area contributed by atoms with Crippen LogP contribution in [0.1, 0.15) is 0 Å². The Morgan fingerprint density at radius 2 is 2.38 bits per heavy atom. The normalized spacial score (nSPS) is 9.12. The summed E-state index contributed by atoms with van der Waals surface area (Å²) in [5.74, 6) is -0.0214. The number of hydrogen-bond acceptors (Lipinski definition) is 1. The molecular formula is C5H3BrNO. The lowest BCUT2D eigenvalue weighted by Gasteiger charge is -1.84. The molecule has 0 aromatic carbocycles. The second-order valence-electron chi connectivity index (χ2n) is 1.31. The molecule has 0 unspecified atom stereocenters. The molecule has 0 spiro atoms. The van der Waals surface area contributed by atoms with Gasteiger partial charge in [0, 0.05) is 18.3 Å². The van der Waals surface area contributed by atoms with Gasteiger partial charge >= 0.3 is 0 Å². The lowest BCUT2D eigenvalue weighted by atomic mass is 10.5. The van der Waals surface area contributed by atoms with Crippen molar-refractivity contribution in [2.45, 2.75) is 0 Å². The van der Waals surface area contributed by atoms with E-state index in [1.54, 1.807) is 0 Å². The summed E-state index contributed by atoms with van der Waals surface area (Å²) >= 11 is 3.05. The third-order valence-corrected chi connectivity index (χ3v) is 1.13. The van der Waals surface area contributed by atoms with Crippen molar-refractivity contribution in [1.29, 1.82) is 0 Å². The largest absolute Gasteiger partial charge is 0.290 e. The molecule has 0 aliphatic heterocycles. The van der Waals surface area contributed by atoms with Crippen LogP contribution in [-0.4, -0.2) is 4.98 Å². The molecule has 1 aromatic rings. The van der Waals surface area contributed by atoms with Crippen LogP contribution in [0.3, 0.4) is 0 Å². The minimum absolute atomic E-state index is 0.0214. The van der Waals surface area contributed by atoms with Crippen LogP contribution < -0.4 is 0 Å². The van der Waals surface area contributed by atoms with Gasteiger partial charge in [0.2, 0.25) is 0 Å². The van der Waals surface area contributed by atoms with E-state index in [0.717, 1.165) is 0 Å². The number of aromatic nitrogens is 1. The summed E-state index contributed by atoms with van der Waals surface area (Å²) in [6.07, 6.45) is 1.46. The topological polar surface area (TPSA) is 32.8 Å². The van der Waals surface area contributed by atoms with Gasteiger partial charge in [-0.25, -0.2) is 4.98 Å². The molecular weight excluding hydrogens is 170 g/mol. The number of rotatable bonds is 0. The molecule has 0 aliphatic rings. The van der Waals surface area contributed by atoms with E-state index in [-0.39, 0.29) is 5.75 Å². The third-order valence-electron chi connectivity index (χ3n) is 0.698. The highest BCUT2D eigenvalue weighted by atomic mass is 79.9. The van der Waals surface area contributed by atoms with Crippen LogP contribution in [0.25, 0.3) is 0 Å². The molecule has 2 nitrogen and oxygen atoms in total. The van der Waals surface area contributed by atoms with E-state index in [4.69, 9.17) is 0 Å². The van der Waals surface area contributed by atoms with Gasteiger partial charge in [0.25, 0.3) is 0 Å². The Balaban J connectivity index is 3.08. The zero-order valence-electron chi connectivity index (χ0n) is 3.97. The van der Waals surface area contributed by atoms with E-state index in [1.165, 1.54) is 18.3 Å². The van der Waals surface area contributed by atoms with E-state index < -0.39 is 0 Å². The van der Waals surface area contributed by atoms with Gasteiger partial charge in [-0.2, -0.15) is 0 Å².